The maximum Gasteiger partial charge on any atom is 1.00 e. The maximum atomic E-state index is 8.52. The largest absolute Gasteiger partial charge is 1.00 e. The summed E-state index contributed by atoms with van der Waals surface area (Å²) in [7, 11) is -5.17. The summed E-state index contributed by atoms with van der Waals surface area (Å²) < 4.78 is 34.1. The molecule has 0 aliphatic rings. The van der Waals surface area contributed by atoms with Crippen molar-refractivity contribution in [2.45, 2.75) is 0 Å². The molecule has 8 heteroatoms. The molecule has 0 aromatic rings. The molecule has 0 unspecified atom stereocenters. The van der Waals surface area contributed by atoms with E-state index < -0.39 is 10.4 Å². The van der Waals surface area contributed by atoms with E-state index in [2.05, 4.69) is 0 Å². The zero-order valence-electron chi connectivity index (χ0n) is 4.04. The van der Waals surface area contributed by atoms with Crippen LogP contribution in [-0.4, -0.2) is 40.6 Å². The molecule has 0 aromatic heterocycles. The summed E-state index contributed by atoms with van der Waals surface area (Å²) in [5.41, 5.74) is 0. The minimum absolute atomic E-state index is 0. The number of rotatable bonds is 0. The third-order valence-electron chi connectivity index (χ3n) is 0. The minimum Gasteiger partial charge on any atom is -0.759 e. The van der Waals surface area contributed by atoms with Crippen LogP contribution in [0.2, 0.25) is 0 Å². The Kier molecular flexibility index (Phi) is 30.9. The molecule has 0 radical (unpaired) electrons. The van der Waals surface area contributed by atoms with E-state index in [1.54, 1.807) is 0 Å². The maximum absolute atomic E-state index is 8.52. The van der Waals surface area contributed by atoms with Gasteiger partial charge in [-0.05, 0) is 0 Å². The topological polar surface area (TPSA) is 80.3 Å². The summed E-state index contributed by atoms with van der Waals surface area (Å²) in [6, 6.07) is 0. The Morgan fingerprint density at radius 2 is 1.00 bits per heavy atom. The minimum atomic E-state index is -5.17. The molecule has 0 N–H and O–H groups in total. The molecule has 0 saturated carbocycles. The van der Waals surface area contributed by atoms with Crippen molar-refractivity contribution in [3.05, 3.63) is 0 Å². The van der Waals surface area contributed by atoms with Crippen LogP contribution in [0, 0.1) is 0 Å². The van der Waals surface area contributed by atoms with Crippen molar-refractivity contribution in [3.8, 4) is 0 Å². The first-order valence-electron chi connectivity index (χ1n) is 0.667. The molecule has 36 valence electrons. The van der Waals surface area contributed by atoms with Crippen molar-refractivity contribution in [1.29, 1.82) is 0 Å². The van der Waals surface area contributed by atoms with Crippen LogP contribution in [0.25, 0.3) is 0 Å². The van der Waals surface area contributed by atoms with Crippen molar-refractivity contribution < 1.29 is 120 Å². The average Bonchev–Trinajstić information content (AvgIpc) is 0.722. The van der Waals surface area contributed by atoms with Crippen LogP contribution in [0.1, 0.15) is 0 Å². The molecule has 0 fully saturated rings. The summed E-state index contributed by atoms with van der Waals surface area (Å²) >= 11 is 0. The molecule has 0 spiro atoms. The zero-order valence-corrected chi connectivity index (χ0v) is 11.1. The average molecular weight is 201 g/mol. The third kappa shape index (κ3) is 51.5. The van der Waals surface area contributed by atoms with E-state index in [1.807, 2.05) is 0 Å². The normalized spacial score (nSPS) is 7.25. The first kappa shape index (κ1) is 22.7. The van der Waals surface area contributed by atoms with Gasteiger partial charge < -0.3 is 9.11 Å². The van der Waals surface area contributed by atoms with Crippen LogP contribution in [0.15, 0.2) is 0 Å². The molecule has 4 nitrogen and oxygen atoms in total. The second kappa shape index (κ2) is 10.9. The van der Waals surface area contributed by atoms with Gasteiger partial charge in [0.05, 0.1) is 0 Å². The van der Waals surface area contributed by atoms with Gasteiger partial charge in [-0.2, -0.15) is 0 Å². The van der Waals surface area contributed by atoms with Gasteiger partial charge >= 0.3 is 126 Å². The Morgan fingerprint density at radius 1 is 1.00 bits per heavy atom. The fourth-order valence-electron chi connectivity index (χ4n) is 0. The van der Waals surface area contributed by atoms with Crippen LogP contribution in [0.4, 0.5) is 0 Å². The molecule has 0 atom stereocenters. The molecular weight excluding hydrogens is 199 g/mol. The van der Waals surface area contributed by atoms with Crippen molar-refractivity contribution in [1.82, 2.24) is 0 Å². The Labute approximate surface area is 149 Å². The molecule has 0 aliphatic heterocycles. The van der Waals surface area contributed by atoms with E-state index >= 15 is 0 Å². The zero-order chi connectivity index (χ0) is 4.50. The summed E-state index contributed by atoms with van der Waals surface area (Å²) in [6.45, 7) is 0. The van der Waals surface area contributed by atoms with Gasteiger partial charge in [0.1, 0.15) is 0 Å². The van der Waals surface area contributed by atoms with Gasteiger partial charge in [-0.1, -0.05) is 0 Å². The number of hydrogen-bond donors (Lipinski definition) is 0. The molecule has 0 bridgehead atoms. The summed E-state index contributed by atoms with van der Waals surface area (Å²) in [5, 5.41) is 0. The van der Waals surface area contributed by atoms with Gasteiger partial charge in [0.2, 0.25) is 0 Å². The molecule has 0 heterocycles. The summed E-state index contributed by atoms with van der Waals surface area (Å²) in [6.07, 6.45) is 0. The molecule has 8 heavy (non-hydrogen) atoms. The Bertz CT molecular complexity index is 97.2. The van der Waals surface area contributed by atoms with Crippen molar-refractivity contribution in [2.75, 3.05) is 0 Å². The van der Waals surface area contributed by atoms with Crippen molar-refractivity contribution >= 4 is 33.5 Å². The predicted octanol–water partition coefficient (Wildman–Crippen LogP) is -8.25. The molecule has 0 aromatic carbocycles. The fourth-order valence-corrected chi connectivity index (χ4v) is 0. The third-order valence-corrected chi connectivity index (χ3v) is 0. The van der Waals surface area contributed by atoms with Gasteiger partial charge in [0, 0.05) is 10.4 Å². The fraction of sp³-hybridized carbons (Fsp3) is 0. The monoisotopic (exact) mass is 200 g/mol. The van der Waals surface area contributed by atoms with Crippen molar-refractivity contribution in [3.63, 3.8) is 0 Å². The SMILES string of the molecule is O=S(=O)([O-])[O-].[K+].[K+].[MgH2]. The van der Waals surface area contributed by atoms with Crippen LogP contribution < -0.4 is 103 Å². The van der Waals surface area contributed by atoms with E-state index in [4.69, 9.17) is 17.5 Å². The van der Waals surface area contributed by atoms with E-state index in [0.717, 1.165) is 0 Å². The van der Waals surface area contributed by atoms with E-state index in [0.29, 0.717) is 0 Å². The first-order valence-corrected chi connectivity index (χ1v) is 2.00. The Morgan fingerprint density at radius 3 is 1.00 bits per heavy atom. The predicted molar refractivity (Wildman–Crippen MR) is 19.0 cm³/mol. The Hall–Kier alpha value is 3.91. The van der Waals surface area contributed by atoms with Gasteiger partial charge in [-0.25, -0.2) is 0 Å². The van der Waals surface area contributed by atoms with Gasteiger partial charge in [0.15, 0.2) is 0 Å². The standard InChI is InChI=1S/2K.Mg.H2O4S.2H/c;;;1-5(2,3)4;;/h;;;(H2,1,2,3,4);;/q2*+1;;;;/p-2. The van der Waals surface area contributed by atoms with E-state index in [1.165, 1.54) is 0 Å². The van der Waals surface area contributed by atoms with Crippen LogP contribution in [0.5, 0.6) is 0 Å². The van der Waals surface area contributed by atoms with E-state index in [9.17, 15) is 0 Å². The summed E-state index contributed by atoms with van der Waals surface area (Å²) in [4.78, 5) is 0. The molecular formula is H2K2MgO4S. The number of hydrogen-bond acceptors (Lipinski definition) is 4. The van der Waals surface area contributed by atoms with Crippen LogP contribution in [-0.2, 0) is 10.4 Å². The van der Waals surface area contributed by atoms with Gasteiger partial charge in [0.25, 0.3) is 0 Å². The van der Waals surface area contributed by atoms with E-state index in [-0.39, 0.29) is 126 Å². The Balaban J connectivity index is -0.0000000267. The molecule has 0 aliphatic carbocycles. The molecule has 0 rings (SSSR count). The second-order valence-corrected chi connectivity index (χ2v) is 1.22. The first-order chi connectivity index (χ1) is 2.00. The molecule has 0 saturated heterocycles. The second-order valence-electron chi connectivity index (χ2n) is 0.408. The van der Waals surface area contributed by atoms with Gasteiger partial charge in [-0.3, -0.25) is 8.42 Å². The van der Waals surface area contributed by atoms with Crippen molar-refractivity contribution in [2.24, 2.45) is 0 Å². The van der Waals surface area contributed by atoms with Gasteiger partial charge in [-0.15, -0.1) is 0 Å². The quantitative estimate of drug-likeness (QED) is 0.221. The van der Waals surface area contributed by atoms with Crippen LogP contribution >= 0.6 is 0 Å². The summed E-state index contributed by atoms with van der Waals surface area (Å²) in [5.74, 6) is 0. The smallest absolute Gasteiger partial charge is 0.759 e. The van der Waals surface area contributed by atoms with Crippen LogP contribution in [0.3, 0.4) is 0 Å². The molecule has 0 amide bonds.